The minimum Gasteiger partial charge on any atom is -0.295 e. The highest BCUT2D eigenvalue weighted by Gasteiger charge is 2.20. The van der Waals surface area contributed by atoms with Crippen LogP contribution in [0.25, 0.3) is 0 Å². The molecule has 0 spiro atoms. The zero-order valence-corrected chi connectivity index (χ0v) is 8.86. The van der Waals surface area contributed by atoms with Gasteiger partial charge in [-0.2, -0.15) is 0 Å². The van der Waals surface area contributed by atoms with Crippen LogP contribution >= 0.6 is 15.9 Å². The Morgan fingerprint density at radius 2 is 2.50 bits per heavy atom. The van der Waals surface area contributed by atoms with Gasteiger partial charge in [0.25, 0.3) is 0 Å². The van der Waals surface area contributed by atoms with Gasteiger partial charge in [0.15, 0.2) is 5.78 Å². The van der Waals surface area contributed by atoms with Gasteiger partial charge in [0.1, 0.15) is 0 Å². The number of carbonyl (C=O) groups excluding carboxylic acids is 1. The monoisotopic (exact) mass is 228 g/mol. The van der Waals surface area contributed by atoms with Gasteiger partial charge in [0.05, 0.1) is 0 Å². The third kappa shape index (κ3) is 2.07. The molecule has 1 atom stereocenters. The number of allylic oxidation sites excluding steroid dienone is 3. The van der Waals surface area contributed by atoms with Crippen molar-refractivity contribution in [3.63, 3.8) is 0 Å². The number of alkyl halides is 1. The summed E-state index contributed by atoms with van der Waals surface area (Å²) in [7, 11) is 0. The number of halogens is 1. The average Bonchev–Trinajstić information content (AvgIpc) is 2.08. The van der Waals surface area contributed by atoms with Crippen LogP contribution in [-0.4, -0.2) is 11.1 Å². The summed E-state index contributed by atoms with van der Waals surface area (Å²) < 4.78 is 0. The summed E-state index contributed by atoms with van der Waals surface area (Å²) in [4.78, 5) is 11.3. The summed E-state index contributed by atoms with van der Waals surface area (Å²) in [6, 6.07) is 0. The van der Waals surface area contributed by atoms with E-state index in [2.05, 4.69) is 22.5 Å². The van der Waals surface area contributed by atoms with Crippen LogP contribution in [0.15, 0.2) is 23.8 Å². The zero-order chi connectivity index (χ0) is 9.14. The van der Waals surface area contributed by atoms with Crippen molar-refractivity contribution in [2.75, 3.05) is 5.33 Å². The molecule has 0 N–H and O–H groups in total. The van der Waals surface area contributed by atoms with Crippen molar-refractivity contribution in [3.8, 4) is 0 Å². The lowest BCUT2D eigenvalue weighted by Crippen LogP contribution is -2.16. The Hall–Kier alpha value is -0.370. The second kappa shape index (κ2) is 4.04. The first-order valence-electron chi connectivity index (χ1n) is 4.08. The molecule has 0 saturated heterocycles. The first-order chi connectivity index (χ1) is 5.65. The Bertz CT molecular complexity index is 240. The topological polar surface area (TPSA) is 17.1 Å². The van der Waals surface area contributed by atoms with Crippen LogP contribution in [0.4, 0.5) is 0 Å². The third-order valence-corrected chi connectivity index (χ3v) is 3.05. The van der Waals surface area contributed by atoms with Crippen LogP contribution < -0.4 is 0 Å². The summed E-state index contributed by atoms with van der Waals surface area (Å²) in [5.41, 5.74) is 2.04. The van der Waals surface area contributed by atoms with Gasteiger partial charge in [-0.15, -0.1) is 0 Å². The van der Waals surface area contributed by atoms with Crippen molar-refractivity contribution in [3.05, 3.63) is 23.8 Å². The molecule has 0 saturated carbocycles. The largest absolute Gasteiger partial charge is 0.295 e. The standard InChI is InChI=1S/C10H13BrO/c1-7-3-4-9(5-10(7)12)8(2)6-11/h3,9H,2,4-6H2,1H3. The number of carbonyl (C=O) groups is 1. The molecule has 0 fully saturated rings. The van der Waals surface area contributed by atoms with Crippen LogP contribution in [0.3, 0.4) is 0 Å². The van der Waals surface area contributed by atoms with E-state index in [9.17, 15) is 4.79 Å². The number of ketones is 1. The molecule has 1 aliphatic rings. The molecular weight excluding hydrogens is 216 g/mol. The molecule has 0 heterocycles. The molecule has 1 nitrogen and oxygen atoms in total. The molecule has 0 aliphatic heterocycles. The Kier molecular flexibility index (Phi) is 3.27. The molecule has 0 amide bonds. The normalized spacial score (nSPS) is 23.7. The molecule has 66 valence electrons. The van der Waals surface area contributed by atoms with Gasteiger partial charge in [-0.05, 0) is 24.8 Å². The van der Waals surface area contributed by atoms with Gasteiger partial charge < -0.3 is 0 Å². The van der Waals surface area contributed by atoms with Crippen LogP contribution in [0.2, 0.25) is 0 Å². The van der Waals surface area contributed by atoms with Gasteiger partial charge >= 0.3 is 0 Å². The van der Waals surface area contributed by atoms with Crippen molar-refractivity contribution in [1.29, 1.82) is 0 Å². The fraction of sp³-hybridized carbons (Fsp3) is 0.500. The smallest absolute Gasteiger partial charge is 0.158 e. The summed E-state index contributed by atoms with van der Waals surface area (Å²) in [5, 5.41) is 0.803. The second-order valence-electron chi connectivity index (χ2n) is 3.24. The lowest BCUT2D eigenvalue weighted by atomic mass is 9.85. The molecule has 2 heteroatoms. The van der Waals surface area contributed by atoms with Crippen LogP contribution in [-0.2, 0) is 4.79 Å². The van der Waals surface area contributed by atoms with Crippen molar-refractivity contribution < 1.29 is 4.79 Å². The maximum atomic E-state index is 11.3. The van der Waals surface area contributed by atoms with Crippen molar-refractivity contribution >= 4 is 21.7 Å². The summed E-state index contributed by atoms with van der Waals surface area (Å²) in [6.07, 6.45) is 3.64. The van der Waals surface area contributed by atoms with E-state index >= 15 is 0 Å². The van der Waals surface area contributed by atoms with E-state index in [4.69, 9.17) is 0 Å². The maximum Gasteiger partial charge on any atom is 0.158 e. The van der Waals surface area contributed by atoms with Gasteiger partial charge in [0, 0.05) is 11.8 Å². The summed E-state index contributed by atoms with van der Waals surface area (Å²) in [5.74, 6) is 0.633. The number of hydrogen-bond acceptors (Lipinski definition) is 1. The van der Waals surface area contributed by atoms with Crippen molar-refractivity contribution in [2.45, 2.75) is 19.8 Å². The van der Waals surface area contributed by atoms with E-state index in [1.54, 1.807) is 0 Å². The molecular formula is C10H13BrO. The van der Waals surface area contributed by atoms with Gasteiger partial charge in [-0.3, -0.25) is 4.79 Å². The van der Waals surface area contributed by atoms with Crippen LogP contribution in [0.1, 0.15) is 19.8 Å². The Morgan fingerprint density at radius 3 is 3.00 bits per heavy atom. The molecule has 0 bridgehead atoms. The zero-order valence-electron chi connectivity index (χ0n) is 7.27. The minimum absolute atomic E-state index is 0.272. The predicted molar refractivity (Wildman–Crippen MR) is 54.4 cm³/mol. The summed E-state index contributed by atoms with van der Waals surface area (Å²) >= 11 is 3.35. The van der Waals surface area contributed by atoms with Crippen molar-refractivity contribution in [1.82, 2.24) is 0 Å². The van der Waals surface area contributed by atoms with Gasteiger partial charge in [0.2, 0.25) is 0 Å². The molecule has 0 radical (unpaired) electrons. The first-order valence-corrected chi connectivity index (χ1v) is 5.21. The number of rotatable bonds is 2. The second-order valence-corrected chi connectivity index (χ2v) is 3.80. The molecule has 1 rings (SSSR count). The van der Waals surface area contributed by atoms with Gasteiger partial charge in [-0.25, -0.2) is 0 Å². The van der Waals surface area contributed by atoms with Crippen LogP contribution in [0, 0.1) is 5.92 Å². The number of hydrogen-bond donors (Lipinski definition) is 0. The average molecular weight is 229 g/mol. The van der Waals surface area contributed by atoms with Gasteiger partial charge in [-0.1, -0.05) is 34.2 Å². The highest BCUT2D eigenvalue weighted by molar-refractivity contribution is 9.09. The Morgan fingerprint density at radius 1 is 1.83 bits per heavy atom. The van der Waals surface area contributed by atoms with Crippen LogP contribution in [0.5, 0.6) is 0 Å². The molecule has 0 aromatic carbocycles. The van der Waals surface area contributed by atoms with Crippen molar-refractivity contribution in [2.24, 2.45) is 5.92 Å². The van der Waals surface area contributed by atoms with E-state index in [1.807, 2.05) is 13.0 Å². The maximum absolute atomic E-state index is 11.3. The third-order valence-electron chi connectivity index (χ3n) is 2.33. The SMILES string of the molecule is C=C(CBr)C1CC=C(C)C(=O)C1. The molecule has 1 aliphatic carbocycles. The lowest BCUT2D eigenvalue weighted by molar-refractivity contribution is -0.116. The first kappa shape index (κ1) is 9.72. The van der Waals surface area contributed by atoms with E-state index in [0.29, 0.717) is 12.3 Å². The molecule has 12 heavy (non-hydrogen) atoms. The highest BCUT2D eigenvalue weighted by atomic mass is 79.9. The predicted octanol–water partition coefficient (Wildman–Crippen LogP) is 2.86. The van der Waals surface area contributed by atoms with E-state index < -0.39 is 0 Å². The van der Waals surface area contributed by atoms with E-state index in [1.165, 1.54) is 0 Å². The van der Waals surface area contributed by atoms with E-state index in [-0.39, 0.29) is 5.78 Å². The molecule has 0 aromatic rings. The fourth-order valence-electron chi connectivity index (χ4n) is 1.32. The summed E-state index contributed by atoms with van der Waals surface area (Å²) in [6.45, 7) is 5.81. The number of Topliss-reactive ketones (excluding diaryl/α,β-unsaturated/α-hetero) is 1. The Balaban J connectivity index is 2.65. The Labute approximate surface area is 81.7 Å². The minimum atomic E-state index is 0.272. The molecule has 1 unspecified atom stereocenters. The van der Waals surface area contributed by atoms with E-state index in [0.717, 1.165) is 22.9 Å². The highest BCUT2D eigenvalue weighted by Crippen LogP contribution is 2.26. The molecule has 0 aromatic heterocycles. The lowest BCUT2D eigenvalue weighted by Gasteiger charge is -2.20. The quantitative estimate of drug-likeness (QED) is 0.525. The fourth-order valence-corrected chi connectivity index (χ4v) is 1.78.